The molecule has 0 bridgehead atoms. The van der Waals surface area contributed by atoms with Gasteiger partial charge < -0.3 is 0 Å². The van der Waals surface area contributed by atoms with Gasteiger partial charge in [0.15, 0.2) is 0 Å². The van der Waals surface area contributed by atoms with Crippen LogP contribution in [0.15, 0.2) is 152 Å². The van der Waals surface area contributed by atoms with Gasteiger partial charge in [-0.3, -0.25) is 19.9 Å². The fourth-order valence-electron chi connectivity index (χ4n) is 6.33. The van der Waals surface area contributed by atoms with E-state index >= 15 is 0 Å². The molecule has 0 N–H and O–H groups in total. The van der Waals surface area contributed by atoms with Gasteiger partial charge in [-0.15, -0.1) is 0 Å². The Kier molecular flexibility index (Phi) is 7.20. The first kappa shape index (κ1) is 29.0. The van der Waals surface area contributed by atoms with Crippen molar-refractivity contribution in [1.29, 1.82) is 0 Å². The molecule has 0 spiro atoms. The molecule has 0 aliphatic heterocycles. The van der Waals surface area contributed by atoms with Gasteiger partial charge in [-0.25, -0.2) is 4.98 Å². The summed E-state index contributed by atoms with van der Waals surface area (Å²) in [7, 11) is 0. The Morgan fingerprint density at radius 3 is 1.32 bits per heavy atom. The molecule has 5 heterocycles. The molecule has 9 rings (SSSR count). The van der Waals surface area contributed by atoms with Crippen molar-refractivity contribution in [2.24, 2.45) is 0 Å². The second-order valence-electron chi connectivity index (χ2n) is 11.9. The Labute approximate surface area is 288 Å². The van der Waals surface area contributed by atoms with Crippen LogP contribution in [0.5, 0.6) is 0 Å². The molecule has 0 radical (unpaired) electrons. The summed E-state index contributed by atoms with van der Waals surface area (Å²) in [6.45, 7) is 0. The summed E-state index contributed by atoms with van der Waals surface area (Å²) in [6, 6.07) is 42.6. The highest BCUT2D eigenvalue weighted by atomic mass is 14.8. The lowest BCUT2D eigenvalue weighted by Gasteiger charge is -2.13. The number of benzene rings is 4. The molecule has 5 nitrogen and oxygen atoms in total. The molecular formula is C45H25N5. The largest absolute Gasteiger partial charge is 0.255 e. The molecule has 0 amide bonds. The SMILES string of the molecule is C(#Cc1ccc2ccc3c(C#Cc4cc(-c5ccccn5)nc(-c5ccccn5)c4)ccc4ccc1c2c43)c1ccc(-c2ccccn2)nc1. The van der Waals surface area contributed by atoms with Gasteiger partial charge >= 0.3 is 0 Å². The average molecular weight is 636 g/mol. The predicted octanol–water partition coefficient (Wildman–Crippen LogP) is 9.36. The maximum atomic E-state index is 4.88. The number of pyridine rings is 5. The summed E-state index contributed by atoms with van der Waals surface area (Å²) < 4.78 is 0. The Morgan fingerprint density at radius 1 is 0.360 bits per heavy atom. The quantitative estimate of drug-likeness (QED) is 0.143. The fourth-order valence-corrected chi connectivity index (χ4v) is 6.33. The minimum Gasteiger partial charge on any atom is -0.255 e. The normalized spacial score (nSPS) is 10.9. The molecule has 0 aliphatic carbocycles. The molecule has 5 heteroatoms. The van der Waals surface area contributed by atoms with Crippen LogP contribution in [0.2, 0.25) is 0 Å². The van der Waals surface area contributed by atoms with E-state index in [0.29, 0.717) is 0 Å². The fraction of sp³-hybridized carbons (Fsp3) is 0. The summed E-state index contributed by atoms with van der Waals surface area (Å²) in [5.41, 5.74) is 8.35. The molecule has 5 aromatic heterocycles. The molecule has 50 heavy (non-hydrogen) atoms. The van der Waals surface area contributed by atoms with Crippen molar-refractivity contribution in [3.8, 4) is 57.8 Å². The second kappa shape index (κ2) is 12.4. The van der Waals surface area contributed by atoms with Crippen molar-refractivity contribution in [1.82, 2.24) is 24.9 Å². The lowest BCUT2D eigenvalue weighted by molar-refractivity contribution is 1.21. The van der Waals surface area contributed by atoms with Crippen molar-refractivity contribution in [2.75, 3.05) is 0 Å². The van der Waals surface area contributed by atoms with Gasteiger partial charge in [-0.1, -0.05) is 78.3 Å². The minimum atomic E-state index is 0.752. The Morgan fingerprint density at radius 2 is 0.840 bits per heavy atom. The maximum absolute atomic E-state index is 4.88. The number of rotatable bonds is 3. The molecule has 4 aromatic carbocycles. The molecule has 0 aliphatic rings. The van der Waals surface area contributed by atoms with E-state index in [4.69, 9.17) is 4.98 Å². The first-order valence-corrected chi connectivity index (χ1v) is 16.2. The lowest BCUT2D eigenvalue weighted by atomic mass is 9.90. The topological polar surface area (TPSA) is 64.5 Å². The van der Waals surface area contributed by atoms with E-state index in [9.17, 15) is 0 Å². The van der Waals surface area contributed by atoms with E-state index in [-0.39, 0.29) is 0 Å². The van der Waals surface area contributed by atoms with Gasteiger partial charge in [-0.05, 0) is 105 Å². The molecule has 0 fully saturated rings. The molecule has 0 saturated carbocycles. The van der Waals surface area contributed by atoms with Crippen LogP contribution in [-0.4, -0.2) is 24.9 Å². The third-order valence-corrected chi connectivity index (χ3v) is 8.72. The van der Waals surface area contributed by atoms with Crippen molar-refractivity contribution < 1.29 is 0 Å². The minimum absolute atomic E-state index is 0.752. The van der Waals surface area contributed by atoms with Crippen molar-refractivity contribution in [3.05, 3.63) is 174 Å². The Hall–Kier alpha value is -7.21. The van der Waals surface area contributed by atoms with E-state index in [2.05, 4.69) is 92.1 Å². The van der Waals surface area contributed by atoms with Crippen LogP contribution in [0.4, 0.5) is 0 Å². The van der Waals surface area contributed by atoms with Gasteiger partial charge in [-0.2, -0.15) is 0 Å². The van der Waals surface area contributed by atoms with Gasteiger partial charge in [0.05, 0.1) is 34.2 Å². The summed E-state index contributed by atoms with van der Waals surface area (Å²) >= 11 is 0. The zero-order valence-electron chi connectivity index (χ0n) is 26.7. The molecule has 9 aromatic rings. The number of nitrogens with zero attached hydrogens (tertiary/aromatic N) is 5. The predicted molar refractivity (Wildman–Crippen MR) is 200 cm³/mol. The summed E-state index contributed by atoms with van der Waals surface area (Å²) in [4.78, 5) is 22.9. The lowest BCUT2D eigenvalue weighted by Crippen LogP contribution is -1.94. The van der Waals surface area contributed by atoms with Crippen molar-refractivity contribution >= 4 is 32.3 Å². The van der Waals surface area contributed by atoms with Crippen molar-refractivity contribution in [2.45, 2.75) is 0 Å². The number of hydrogen-bond acceptors (Lipinski definition) is 5. The average Bonchev–Trinajstić information content (AvgIpc) is 3.20. The number of hydrogen-bond donors (Lipinski definition) is 0. The van der Waals surface area contributed by atoms with Crippen LogP contribution in [0.3, 0.4) is 0 Å². The molecular weight excluding hydrogens is 611 g/mol. The zero-order chi connectivity index (χ0) is 33.3. The van der Waals surface area contributed by atoms with E-state index in [1.165, 1.54) is 21.5 Å². The highest BCUT2D eigenvalue weighted by Gasteiger charge is 2.13. The summed E-state index contributed by atoms with van der Waals surface area (Å²) in [5, 5.41) is 6.95. The molecule has 0 atom stereocenters. The highest BCUT2D eigenvalue weighted by molar-refractivity contribution is 6.24. The third-order valence-electron chi connectivity index (χ3n) is 8.72. The smallest absolute Gasteiger partial charge is 0.0906 e. The summed E-state index contributed by atoms with van der Waals surface area (Å²) in [6.07, 6.45) is 7.12. The Balaban J connectivity index is 1.12. The molecule has 0 unspecified atom stereocenters. The first-order chi connectivity index (χ1) is 24.8. The third kappa shape index (κ3) is 5.46. The van der Waals surface area contributed by atoms with Crippen LogP contribution in [0.25, 0.3) is 66.5 Å². The van der Waals surface area contributed by atoms with Gasteiger partial charge in [0.25, 0.3) is 0 Å². The van der Waals surface area contributed by atoms with E-state index in [0.717, 1.165) is 67.2 Å². The van der Waals surface area contributed by atoms with Crippen LogP contribution >= 0.6 is 0 Å². The monoisotopic (exact) mass is 635 g/mol. The van der Waals surface area contributed by atoms with Crippen LogP contribution < -0.4 is 0 Å². The van der Waals surface area contributed by atoms with Crippen LogP contribution in [0, 0.1) is 23.7 Å². The van der Waals surface area contributed by atoms with Crippen LogP contribution in [0.1, 0.15) is 22.3 Å². The first-order valence-electron chi connectivity index (χ1n) is 16.2. The molecule has 0 saturated heterocycles. The van der Waals surface area contributed by atoms with Gasteiger partial charge in [0.2, 0.25) is 0 Å². The second-order valence-corrected chi connectivity index (χ2v) is 11.9. The highest BCUT2D eigenvalue weighted by Crippen LogP contribution is 2.37. The standard InChI is InChI=1S/C45H25N5/c1-4-24-46-38(7-1)41-23-12-30(29-49-41)10-13-32-15-17-34-20-22-37-33(16-18-35-19-21-36(32)44(34)45(35)37)14-11-31-27-42(39-8-2-5-25-47-39)50-43(28-31)40-9-3-6-26-48-40/h1-9,12,15-29H. The zero-order valence-corrected chi connectivity index (χ0v) is 26.7. The van der Waals surface area contributed by atoms with Crippen LogP contribution in [-0.2, 0) is 0 Å². The Bertz CT molecular complexity index is 2730. The van der Waals surface area contributed by atoms with Gasteiger partial charge in [0.1, 0.15) is 0 Å². The molecule has 230 valence electrons. The number of aromatic nitrogens is 5. The summed E-state index contributed by atoms with van der Waals surface area (Å²) in [5.74, 6) is 13.7. The van der Waals surface area contributed by atoms with Crippen molar-refractivity contribution in [3.63, 3.8) is 0 Å². The maximum Gasteiger partial charge on any atom is 0.0906 e. The van der Waals surface area contributed by atoms with E-state index in [1.54, 1.807) is 24.8 Å². The van der Waals surface area contributed by atoms with Gasteiger partial charge in [0, 0.05) is 47.0 Å². The van der Waals surface area contributed by atoms with E-state index in [1.807, 2.05) is 78.9 Å². The van der Waals surface area contributed by atoms with E-state index < -0.39 is 0 Å².